The van der Waals surface area contributed by atoms with Crippen molar-refractivity contribution in [2.24, 2.45) is 5.73 Å². The fourth-order valence-corrected chi connectivity index (χ4v) is 4.75. The molecule has 0 bridgehead atoms. The van der Waals surface area contributed by atoms with E-state index in [0.29, 0.717) is 12.5 Å². The van der Waals surface area contributed by atoms with Crippen LogP contribution in [0.2, 0.25) is 0 Å². The number of nitrogens with two attached hydrogens (primary N) is 1. The summed E-state index contributed by atoms with van der Waals surface area (Å²) in [4.78, 5) is 14.6. The fraction of sp³-hybridized carbons (Fsp3) is 0.542. The van der Waals surface area contributed by atoms with E-state index < -0.39 is 0 Å². The molecular formula is C24H34N8. The summed E-state index contributed by atoms with van der Waals surface area (Å²) in [6.07, 6.45) is 6.40. The molecule has 8 heteroatoms. The van der Waals surface area contributed by atoms with Gasteiger partial charge in [-0.05, 0) is 43.2 Å². The van der Waals surface area contributed by atoms with Gasteiger partial charge in [-0.1, -0.05) is 32.0 Å². The Bertz CT molecular complexity index is 1060. The summed E-state index contributed by atoms with van der Waals surface area (Å²) in [5.74, 6) is 1.85. The average Bonchev–Trinajstić information content (AvgIpc) is 3.48. The third-order valence-electron chi connectivity index (χ3n) is 6.70. The summed E-state index contributed by atoms with van der Waals surface area (Å²) < 4.78 is 1.85. The molecule has 0 saturated carbocycles. The average molecular weight is 435 g/mol. The monoisotopic (exact) mass is 434 g/mol. The molecule has 0 radical (unpaired) electrons. The Balaban J connectivity index is 1.47. The number of rotatable bonds is 6. The molecule has 0 atom stereocenters. The molecule has 0 aliphatic carbocycles. The summed E-state index contributed by atoms with van der Waals surface area (Å²) in [6.45, 7) is 9.09. The Morgan fingerprint density at radius 1 is 1.03 bits per heavy atom. The highest BCUT2D eigenvalue weighted by Crippen LogP contribution is 2.27. The maximum absolute atomic E-state index is 6.12. The molecule has 32 heavy (non-hydrogen) atoms. The van der Waals surface area contributed by atoms with E-state index in [1.807, 2.05) is 10.7 Å². The number of piperidine rings is 1. The Hall–Kier alpha value is -2.87. The van der Waals surface area contributed by atoms with Crippen LogP contribution in [-0.2, 0) is 6.54 Å². The number of para-hydroxylation sites is 1. The molecule has 2 fully saturated rings. The Labute approximate surface area is 189 Å². The lowest BCUT2D eigenvalue weighted by Crippen LogP contribution is -2.40. The minimum absolute atomic E-state index is 0.274. The highest BCUT2D eigenvalue weighted by atomic mass is 15.4. The molecule has 1 aromatic carbocycles. The topological polar surface area (TPSA) is 87.6 Å². The van der Waals surface area contributed by atoms with E-state index in [4.69, 9.17) is 15.7 Å². The molecule has 0 unspecified atom stereocenters. The van der Waals surface area contributed by atoms with Crippen molar-refractivity contribution in [1.82, 2.24) is 19.6 Å². The van der Waals surface area contributed by atoms with Crippen molar-refractivity contribution in [1.29, 1.82) is 0 Å². The number of fused-ring (bicyclic) bond motifs is 1. The van der Waals surface area contributed by atoms with Gasteiger partial charge in [-0.25, -0.2) is 0 Å². The quantitative estimate of drug-likeness (QED) is 0.615. The first-order chi connectivity index (χ1) is 15.6. The third kappa shape index (κ3) is 4.11. The van der Waals surface area contributed by atoms with Crippen molar-refractivity contribution in [2.45, 2.75) is 58.0 Å². The van der Waals surface area contributed by atoms with Gasteiger partial charge >= 0.3 is 0 Å². The molecule has 2 saturated heterocycles. The summed E-state index contributed by atoms with van der Waals surface area (Å²) in [5, 5.41) is 8.21. The van der Waals surface area contributed by atoms with Crippen LogP contribution in [0.3, 0.4) is 0 Å². The maximum atomic E-state index is 6.12. The molecule has 0 amide bonds. The highest BCUT2D eigenvalue weighted by Gasteiger charge is 2.22. The van der Waals surface area contributed by atoms with Crippen molar-refractivity contribution in [2.75, 3.05) is 41.3 Å². The molecular weight excluding hydrogens is 400 g/mol. The molecule has 3 aromatic rings. The molecule has 3 N–H and O–H groups in total. The molecule has 2 aliphatic rings. The highest BCUT2D eigenvalue weighted by molar-refractivity contribution is 5.58. The summed E-state index contributed by atoms with van der Waals surface area (Å²) in [5.41, 5.74) is 10.7. The molecule has 170 valence electrons. The van der Waals surface area contributed by atoms with Crippen molar-refractivity contribution >= 4 is 23.2 Å². The van der Waals surface area contributed by atoms with Crippen LogP contribution in [0, 0.1) is 0 Å². The number of nitrogens with one attached hydrogen (secondary N) is 1. The number of benzene rings is 1. The zero-order valence-electron chi connectivity index (χ0n) is 19.2. The van der Waals surface area contributed by atoms with Crippen molar-refractivity contribution in [3.8, 4) is 0 Å². The summed E-state index contributed by atoms with van der Waals surface area (Å²) in [7, 11) is 0. The standard InChI is InChI=1S/C24H34N8/c1-17(2)20-16-27-32-22(20)28-24(31-13-9-19(25)10-14-31)29-23(32)26-15-18-7-3-4-8-21(18)30-11-5-6-12-30/h3-4,7-8,16-17,19H,5-6,9-15,25H2,1-2H3,(H,26,28,29). The van der Waals surface area contributed by atoms with Gasteiger partial charge in [0.1, 0.15) is 0 Å². The Morgan fingerprint density at radius 3 is 2.53 bits per heavy atom. The first-order valence-corrected chi connectivity index (χ1v) is 11.9. The van der Waals surface area contributed by atoms with Crippen LogP contribution >= 0.6 is 0 Å². The summed E-state index contributed by atoms with van der Waals surface area (Å²) in [6, 6.07) is 8.94. The second-order valence-corrected chi connectivity index (χ2v) is 9.34. The lowest BCUT2D eigenvalue weighted by molar-refractivity contribution is 0.495. The third-order valence-corrected chi connectivity index (χ3v) is 6.70. The van der Waals surface area contributed by atoms with Crippen LogP contribution in [0.1, 0.15) is 56.6 Å². The van der Waals surface area contributed by atoms with Crippen molar-refractivity contribution < 1.29 is 0 Å². The van der Waals surface area contributed by atoms with Gasteiger partial charge in [0.25, 0.3) is 0 Å². The second-order valence-electron chi connectivity index (χ2n) is 9.34. The predicted octanol–water partition coefficient (Wildman–Crippen LogP) is 3.39. The number of hydrogen-bond acceptors (Lipinski definition) is 7. The van der Waals surface area contributed by atoms with E-state index in [1.54, 1.807) is 0 Å². The van der Waals surface area contributed by atoms with E-state index in [2.05, 4.69) is 58.3 Å². The Kier molecular flexibility index (Phi) is 5.87. The van der Waals surface area contributed by atoms with E-state index in [0.717, 1.165) is 62.1 Å². The number of nitrogens with zero attached hydrogens (tertiary/aromatic N) is 6. The van der Waals surface area contributed by atoms with Crippen molar-refractivity contribution in [3.05, 3.63) is 41.6 Å². The molecule has 4 heterocycles. The first-order valence-electron chi connectivity index (χ1n) is 11.9. The van der Waals surface area contributed by atoms with E-state index in [-0.39, 0.29) is 6.04 Å². The first kappa shape index (κ1) is 21.0. The van der Waals surface area contributed by atoms with Crippen LogP contribution in [0.5, 0.6) is 0 Å². The summed E-state index contributed by atoms with van der Waals surface area (Å²) >= 11 is 0. The van der Waals surface area contributed by atoms with Gasteiger partial charge in [-0.15, -0.1) is 0 Å². The molecule has 5 rings (SSSR count). The van der Waals surface area contributed by atoms with Gasteiger partial charge in [0, 0.05) is 50.0 Å². The molecule has 8 nitrogen and oxygen atoms in total. The van der Waals surface area contributed by atoms with E-state index >= 15 is 0 Å². The van der Waals surface area contributed by atoms with Gasteiger partial charge in [0.05, 0.1) is 6.20 Å². The number of anilines is 3. The SMILES string of the molecule is CC(C)c1cnn2c(NCc3ccccc3N3CCCC3)nc(N3CCC(N)CC3)nc12. The second kappa shape index (κ2) is 8.94. The van der Waals surface area contributed by atoms with Gasteiger partial charge in [0.15, 0.2) is 5.65 Å². The predicted molar refractivity (Wildman–Crippen MR) is 130 cm³/mol. The lowest BCUT2D eigenvalue weighted by Gasteiger charge is -2.30. The molecule has 2 aliphatic heterocycles. The van der Waals surface area contributed by atoms with Crippen LogP contribution in [-0.4, -0.2) is 51.8 Å². The van der Waals surface area contributed by atoms with Gasteiger partial charge < -0.3 is 20.9 Å². The fourth-order valence-electron chi connectivity index (χ4n) is 4.75. The van der Waals surface area contributed by atoms with Gasteiger partial charge in [-0.2, -0.15) is 19.6 Å². The van der Waals surface area contributed by atoms with Crippen LogP contribution in [0.15, 0.2) is 30.5 Å². The lowest BCUT2D eigenvalue weighted by atomic mass is 10.1. The molecule has 2 aromatic heterocycles. The van der Waals surface area contributed by atoms with Crippen molar-refractivity contribution in [3.63, 3.8) is 0 Å². The van der Waals surface area contributed by atoms with Crippen LogP contribution in [0.25, 0.3) is 5.65 Å². The minimum atomic E-state index is 0.274. The van der Waals surface area contributed by atoms with E-state index in [1.165, 1.54) is 24.1 Å². The zero-order chi connectivity index (χ0) is 22.1. The minimum Gasteiger partial charge on any atom is -0.371 e. The maximum Gasteiger partial charge on any atom is 0.230 e. The Morgan fingerprint density at radius 2 is 1.78 bits per heavy atom. The van der Waals surface area contributed by atoms with Gasteiger partial charge in [-0.3, -0.25) is 0 Å². The van der Waals surface area contributed by atoms with Gasteiger partial charge in [0.2, 0.25) is 11.9 Å². The van der Waals surface area contributed by atoms with E-state index in [9.17, 15) is 0 Å². The van der Waals surface area contributed by atoms with Crippen LogP contribution in [0.4, 0.5) is 17.6 Å². The normalized spacial score (nSPS) is 17.6. The molecule has 0 spiro atoms. The smallest absolute Gasteiger partial charge is 0.230 e. The number of aromatic nitrogens is 4. The van der Waals surface area contributed by atoms with Crippen LogP contribution < -0.4 is 20.9 Å². The zero-order valence-corrected chi connectivity index (χ0v) is 19.2. The number of hydrogen-bond donors (Lipinski definition) is 2. The largest absolute Gasteiger partial charge is 0.371 e.